The first-order valence-corrected chi connectivity index (χ1v) is 2.66. The van der Waals surface area contributed by atoms with Crippen LogP contribution in [0.2, 0.25) is 0 Å². The molecule has 0 saturated heterocycles. The molecule has 0 aliphatic rings. The zero-order chi connectivity index (χ0) is 7.28. The molecular weight excluding hydrogens is 154 g/mol. The third-order valence-electron chi connectivity index (χ3n) is 0.925. The molecule has 0 aromatic rings. The molecule has 0 rings (SSSR count). The standard InChI is InChI=1S/C6H11NO2.ClH/c1-3-4-5(7)6(8)9-2;/h3,5H,1,4,7H2,2H3;1H. The molecule has 0 aliphatic heterocycles. The maximum atomic E-state index is 10.5. The van der Waals surface area contributed by atoms with Gasteiger partial charge in [-0.3, -0.25) is 4.79 Å². The third-order valence-corrected chi connectivity index (χ3v) is 0.925. The molecule has 0 fully saturated rings. The number of rotatable bonds is 3. The smallest absolute Gasteiger partial charge is 0.322 e. The van der Waals surface area contributed by atoms with Crippen molar-refractivity contribution in [2.75, 3.05) is 7.11 Å². The number of nitrogens with two attached hydrogens (primary N) is 1. The molecule has 0 aliphatic carbocycles. The van der Waals surface area contributed by atoms with Crippen LogP contribution in [0.5, 0.6) is 0 Å². The Morgan fingerprint density at radius 1 is 1.90 bits per heavy atom. The normalized spacial score (nSPS) is 11.0. The van der Waals surface area contributed by atoms with Crippen molar-refractivity contribution in [2.45, 2.75) is 12.5 Å². The molecule has 0 heterocycles. The number of carbonyl (C=O) groups is 1. The van der Waals surface area contributed by atoms with Crippen LogP contribution in [0.25, 0.3) is 0 Å². The van der Waals surface area contributed by atoms with Crippen LogP contribution < -0.4 is 5.73 Å². The Hall–Kier alpha value is -0.540. The summed E-state index contributed by atoms with van der Waals surface area (Å²) in [6, 6.07) is -0.549. The lowest BCUT2D eigenvalue weighted by Gasteiger charge is -2.03. The Morgan fingerprint density at radius 3 is 2.70 bits per heavy atom. The summed E-state index contributed by atoms with van der Waals surface area (Å²) in [5, 5.41) is 0. The van der Waals surface area contributed by atoms with Crippen LogP contribution in [-0.2, 0) is 9.53 Å². The van der Waals surface area contributed by atoms with E-state index >= 15 is 0 Å². The van der Waals surface area contributed by atoms with Crippen LogP contribution in [-0.4, -0.2) is 19.1 Å². The van der Waals surface area contributed by atoms with E-state index in [1.807, 2.05) is 0 Å². The van der Waals surface area contributed by atoms with Gasteiger partial charge in [-0.15, -0.1) is 19.0 Å². The number of methoxy groups -OCH3 is 1. The molecular formula is C6H12ClNO2. The van der Waals surface area contributed by atoms with Gasteiger partial charge in [0.1, 0.15) is 6.04 Å². The van der Waals surface area contributed by atoms with Crippen molar-refractivity contribution in [3.63, 3.8) is 0 Å². The van der Waals surface area contributed by atoms with E-state index in [1.165, 1.54) is 7.11 Å². The largest absolute Gasteiger partial charge is 0.468 e. The van der Waals surface area contributed by atoms with E-state index in [1.54, 1.807) is 6.08 Å². The second-order valence-electron chi connectivity index (χ2n) is 1.65. The Labute approximate surface area is 66.6 Å². The van der Waals surface area contributed by atoms with Crippen LogP contribution in [0.1, 0.15) is 6.42 Å². The van der Waals surface area contributed by atoms with E-state index in [9.17, 15) is 4.79 Å². The van der Waals surface area contributed by atoms with E-state index < -0.39 is 12.0 Å². The summed E-state index contributed by atoms with van der Waals surface area (Å²) in [4.78, 5) is 10.5. The van der Waals surface area contributed by atoms with Crippen LogP contribution in [0.4, 0.5) is 0 Å². The number of halogens is 1. The van der Waals surface area contributed by atoms with Gasteiger partial charge < -0.3 is 10.5 Å². The van der Waals surface area contributed by atoms with Gasteiger partial charge in [-0.25, -0.2) is 0 Å². The molecule has 0 spiro atoms. The molecule has 0 saturated carbocycles. The van der Waals surface area contributed by atoms with Crippen LogP contribution in [0.15, 0.2) is 12.7 Å². The van der Waals surface area contributed by atoms with Gasteiger partial charge in [0.25, 0.3) is 0 Å². The van der Waals surface area contributed by atoms with Crippen molar-refractivity contribution < 1.29 is 9.53 Å². The van der Waals surface area contributed by atoms with E-state index in [0.717, 1.165) is 0 Å². The summed E-state index contributed by atoms with van der Waals surface area (Å²) in [6.45, 7) is 3.43. The molecule has 3 nitrogen and oxygen atoms in total. The van der Waals surface area contributed by atoms with Gasteiger partial charge in [0, 0.05) is 0 Å². The van der Waals surface area contributed by atoms with Crippen molar-refractivity contribution in [1.82, 2.24) is 0 Å². The summed E-state index contributed by atoms with van der Waals surface area (Å²) in [5.41, 5.74) is 5.29. The van der Waals surface area contributed by atoms with E-state index in [0.29, 0.717) is 6.42 Å². The zero-order valence-electron chi connectivity index (χ0n) is 5.87. The van der Waals surface area contributed by atoms with Gasteiger partial charge in [-0.05, 0) is 6.42 Å². The second kappa shape index (κ2) is 6.58. The van der Waals surface area contributed by atoms with Crippen LogP contribution in [0.3, 0.4) is 0 Å². The van der Waals surface area contributed by atoms with Crippen molar-refractivity contribution in [3.05, 3.63) is 12.7 Å². The molecule has 60 valence electrons. The number of hydrogen-bond donors (Lipinski definition) is 1. The molecule has 2 N–H and O–H groups in total. The van der Waals surface area contributed by atoms with Crippen LogP contribution in [0, 0.1) is 0 Å². The van der Waals surface area contributed by atoms with Crippen LogP contribution >= 0.6 is 12.4 Å². The Bertz CT molecular complexity index is 116. The predicted molar refractivity (Wildman–Crippen MR) is 42.1 cm³/mol. The Balaban J connectivity index is 0. The summed E-state index contributed by atoms with van der Waals surface area (Å²) < 4.78 is 4.35. The highest BCUT2D eigenvalue weighted by Gasteiger charge is 2.09. The fourth-order valence-corrected chi connectivity index (χ4v) is 0.427. The number of ether oxygens (including phenoxy) is 1. The van der Waals surface area contributed by atoms with Gasteiger partial charge in [-0.1, -0.05) is 6.08 Å². The minimum absolute atomic E-state index is 0. The second-order valence-corrected chi connectivity index (χ2v) is 1.65. The molecule has 4 heteroatoms. The monoisotopic (exact) mass is 165 g/mol. The minimum Gasteiger partial charge on any atom is -0.468 e. The lowest BCUT2D eigenvalue weighted by molar-refractivity contribution is -0.142. The van der Waals surface area contributed by atoms with Gasteiger partial charge >= 0.3 is 5.97 Å². The van der Waals surface area contributed by atoms with E-state index in [4.69, 9.17) is 5.73 Å². The molecule has 0 aromatic heterocycles. The summed E-state index contributed by atoms with van der Waals surface area (Å²) >= 11 is 0. The highest BCUT2D eigenvalue weighted by atomic mass is 35.5. The fourth-order valence-electron chi connectivity index (χ4n) is 0.427. The SMILES string of the molecule is C=CCC(N)C(=O)OC.Cl. The average Bonchev–Trinajstić information content (AvgIpc) is 1.87. The van der Waals surface area contributed by atoms with Crippen molar-refractivity contribution in [3.8, 4) is 0 Å². The molecule has 0 radical (unpaired) electrons. The topological polar surface area (TPSA) is 52.3 Å². The highest BCUT2D eigenvalue weighted by Crippen LogP contribution is 1.89. The lowest BCUT2D eigenvalue weighted by Crippen LogP contribution is -2.30. The third kappa shape index (κ3) is 4.35. The van der Waals surface area contributed by atoms with Crippen molar-refractivity contribution in [2.24, 2.45) is 5.73 Å². The quantitative estimate of drug-likeness (QED) is 0.489. The molecule has 1 atom stereocenters. The number of esters is 1. The number of hydrogen-bond acceptors (Lipinski definition) is 3. The Kier molecular flexibility index (Phi) is 8.00. The highest BCUT2D eigenvalue weighted by molar-refractivity contribution is 5.85. The van der Waals surface area contributed by atoms with Crippen molar-refractivity contribution >= 4 is 18.4 Å². The van der Waals surface area contributed by atoms with Gasteiger partial charge in [-0.2, -0.15) is 0 Å². The first-order valence-electron chi connectivity index (χ1n) is 2.66. The first-order chi connectivity index (χ1) is 4.22. The molecule has 0 bridgehead atoms. The van der Waals surface area contributed by atoms with Gasteiger partial charge in [0.05, 0.1) is 7.11 Å². The maximum Gasteiger partial charge on any atom is 0.322 e. The van der Waals surface area contributed by atoms with Crippen molar-refractivity contribution in [1.29, 1.82) is 0 Å². The van der Waals surface area contributed by atoms with E-state index in [2.05, 4.69) is 11.3 Å². The molecule has 0 amide bonds. The predicted octanol–water partition coefficient (Wildman–Crippen LogP) is 0.485. The summed E-state index contributed by atoms with van der Waals surface area (Å²) in [6.07, 6.45) is 2.05. The maximum absolute atomic E-state index is 10.5. The molecule has 1 unspecified atom stereocenters. The lowest BCUT2D eigenvalue weighted by atomic mass is 10.2. The Morgan fingerprint density at radius 2 is 2.40 bits per heavy atom. The summed E-state index contributed by atoms with van der Waals surface area (Å²) in [5.74, 6) is -0.394. The molecule has 10 heavy (non-hydrogen) atoms. The minimum atomic E-state index is -0.549. The average molecular weight is 166 g/mol. The molecule has 0 aromatic carbocycles. The zero-order valence-corrected chi connectivity index (χ0v) is 6.69. The number of carbonyl (C=O) groups excluding carboxylic acids is 1. The van der Waals surface area contributed by atoms with Gasteiger partial charge in [0.15, 0.2) is 0 Å². The van der Waals surface area contributed by atoms with E-state index in [-0.39, 0.29) is 12.4 Å². The summed E-state index contributed by atoms with van der Waals surface area (Å²) in [7, 11) is 1.31. The van der Waals surface area contributed by atoms with Gasteiger partial charge in [0.2, 0.25) is 0 Å². The fraction of sp³-hybridized carbons (Fsp3) is 0.500. The first kappa shape index (κ1) is 12.2.